The fourth-order valence-corrected chi connectivity index (χ4v) is 2.98. The number of carbonyl (C=O) groups excluding carboxylic acids is 2. The standard InChI is InChI=1S/C17H25BrN4O2/c1-12(2)17(24)20-8-13-4-3-7-22(10-13)11-16(23)21-15-6-5-14(18)9-19-15/h5-6,9,12-13H,3-4,7-8,10-11H2,1-2H3,(H,20,24)(H,19,21,23). The SMILES string of the molecule is CC(C)C(=O)NCC1CCCN(CC(=O)Nc2ccc(Br)cn2)C1. The van der Waals surface area contributed by atoms with Crippen LogP contribution < -0.4 is 10.6 Å². The minimum atomic E-state index is -0.0586. The highest BCUT2D eigenvalue weighted by molar-refractivity contribution is 9.10. The summed E-state index contributed by atoms with van der Waals surface area (Å²) in [4.78, 5) is 30.1. The molecule has 0 saturated carbocycles. The van der Waals surface area contributed by atoms with E-state index in [0.717, 1.165) is 30.4 Å². The summed E-state index contributed by atoms with van der Waals surface area (Å²) in [6.45, 7) is 6.57. The van der Waals surface area contributed by atoms with Crippen molar-refractivity contribution in [2.45, 2.75) is 26.7 Å². The van der Waals surface area contributed by atoms with Crippen molar-refractivity contribution in [2.24, 2.45) is 11.8 Å². The van der Waals surface area contributed by atoms with E-state index >= 15 is 0 Å². The van der Waals surface area contributed by atoms with Crippen molar-refractivity contribution in [1.82, 2.24) is 15.2 Å². The maximum atomic E-state index is 12.2. The Balaban J connectivity index is 1.76. The lowest BCUT2D eigenvalue weighted by atomic mass is 9.97. The molecule has 1 fully saturated rings. The van der Waals surface area contributed by atoms with Crippen LogP contribution in [0.4, 0.5) is 5.82 Å². The third-order valence-corrected chi connectivity index (χ3v) is 4.52. The van der Waals surface area contributed by atoms with Crippen molar-refractivity contribution in [3.63, 3.8) is 0 Å². The van der Waals surface area contributed by atoms with Crippen LogP contribution in [0.1, 0.15) is 26.7 Å². The lowest BCUT2D eigenvalue weighted by Crippen LogP contribution is -2.44. The minimum absolute atomic E-state index is 0.00822. The van der Waals surface area contributed by atoms with Gasteiger partial charge in [0.2, 0.25) is 11.8 Å². The summed E-state index contributed by atoms with van der Waals surface area (Å²) in [5.74, 6) is 0.998. The van der Waals surface area contributed by atoms with Crippen molar-refractivity contribution in [3.8, 4) is 0 Å². The van der Waals surface area contributed by atoms with Gasteiger partial charge < -0.3 is 10.6 Å². The highest BCUT2D eigenvalue weighted by Crippen LogP contribution is 2.16. The van der Waals surface area contributed by atoms with Gasteiger partial charge in [0.15, 0.2) is 0 Å². The van der Waals surface area contributed by atoms with E-state index in [1.54, 1.807) is 12.3 Å². The van der Waals surface area contributed by atoms with Crippen LogP contribution >= 0.6 is 15.9 Å². The van der Waals surface area contributed by atoms with Crippen molar-refractivity contribution in [3.05, 3.63) is 22.8 Å². The van der Waals surface area contributed by atoms with Crippen molar-refractivity contribution in [2.75, 3.05) is 31.5 Å². The third kappa shape index (κ3) is 6.20. The molecule has 132 valence electrons. The van der Waals surface area contributed by atoms with Crippen molar-refractivity contribution in [1.29, 1.82) is 0 Å². The minimum Gasteiger partial charge on any atom is -0.356 e. The second kappa shape index (κ2) is 9.13. The van der Waals surface area contributed by atoms with Gasteiger partial charge in [-0.15, -0.1) is 0 Å². The Hall–Kier alpha value is -1.47. The van der Waals surface area contributed by atoms with Crippen LogP contribution in [0.15, 0.2) is 22.8 Å². The molecular formula is C17H25BrN4O2. The first kappa shape index (κ1) is 18.9. The molecule has 0 spiro atoms. The Bertz CT molecular complexity index is 562. The molecule has 6 nitrogen and oxygen atoms in total. The normalized spacial score (nSPS) is 18.4. The summed E-state index contributed by atoms with van der Waals surface area (Å²) >= 11 is 3.32. The lowest BCUT2D eigenvalue weighted by Gasteiger charge is -2.32. The number of nitrogens with one attached hydrogen (secondary N) is 2. The summed E-state index contributed by atoms with van der Waals surface area (Å²) in [6, 6.07) is 3.61. The molecular weight excluding hydrogens is 372 g/mol. The average molecular weight is 397 g/mol. The first-order valence-corrected chi connectivity index (χ1v) is 9.15. The number of nitrogens with zero attached hydrogens (tertiary/aromatic N) is 2. The zero-order valence-electron chi connectivity index (χ0n) is 14.2. The van der Waals surface area contributed by atoms with Gasteiger partial charge in [-0.05, 0) is 53.4 Å². The fourth-order valence-electron chi connectivity index (χ4n) is 2.75. The largest absolute Gasteiger partial charge is 0.356 e. The maximum absolute atomic E-state index is 12.2. The maximum Gasteiger partial charge on any atom is 0.239 e. The summed E-state index contributed by atoms with van der Waals surface area (Å²) in [7, 11) is 0. The molecule has 1 unspecified atom stereocenters. The second-order valence-electron chi connectivity index (χ2n) is 6.55. The molecule has 1 atom stereocenters. The smallest absolute Gasteiger partial charge is 0.239 e. The molecule has 0 aliphatic carbocycles. The lowest BCUT2D eigenvalue weighted by molar-refractivity contribution is -0.124. The number of halogens is 1. The number of hydrogen-bond acceptors (Lipinski definition) is 4. The van der Waals surface area contributed by atoms with Gasteiger partial charge in [0.1, 0.15) is 5.82 Å². The molecule has 1 aromatic heterocycles. The monoisotopic (exact) mass is 396 g/mol. The van der Waals surface area contributed by atoms with Gasteiger partial charge >= 0.3 is 0 Å². The summed E-state index contributed by atoms with van der Waals surface area (Å²) in [5, 5.41) is 5.80. The van der Waals surface area contributed by atoms with Gasteiger partial charge in [-0.2, -0.15) is 0 Å². The Morgan fingerprint density at radius 3 is 2.88 bits per heavy atom. The summed E-state index contributed by atoms with van der Waals surface area (Å²) < 4.78 is 0.878. The average Bonchev–Trinajstić information content (AvgIpc) is 2.55. The number of carbonyl (C=O) groups is 2. The molecule has 1 aromatic rings. The van der Waals surface area contributed by atoms with Crippen LogP contribution in [-0.4, -0.2) is 47.9 Å². The molecule has 2 amide bonds. The van der Waals surface area contributed by atoms with Crippen LogP contribution in [0.5, 0.6) is 0 Å². The van der Waals surface area contributed by atoms with E-state index in [9.17, 15) is 9.59 Å². The zero-order valence-corrected chi connectivity index (χ0v) is 15.8. The molecule has 1 aliphatic rings. The number of hydrogen-bond donors (Lipinski definition) is 2. The Morgan fingerprint density at radius 1 is 1.42 bits per heavy atom. The van der Waals surface area contributed by atoms with E-state index in [1.165, 1.54) is 0 Å². The molecule has 2 heterocycles. The van der Waals surface area contributed by atoms with E-state index in [4.69, 9.17) is 0 Å². The predicted octanol–water partition coefficient (Wildman–Crippen LogP) is 2.27. The van der Waals surface area contributed by atoms with E-state index in [1.807, 2.05) is 19.9 Å². The first-order valence-electron chi connectivity index (χ1n) is 8.35. The third-order valence-electron chi connectivity index (χ3n) is 4.05. The fraction of sp³-hybridized carbons (Fsp3) is 0.588. The highest BCUT2D eigenvalue weighted by atomic mass is 79.9. The molecule has 0 aromatic carbocycles. The molecule has 0 bridgehead atoms. The Kier molecular flexibility index (Phi) is 7.17. The molecule has 24 heavy (non-hydrogen) atoms. The molecule has 1 saturated heterocycles. The molecule has 2 rings (SSSR count). The number of piperidine rings is 1. The molecule has 1 aliphatic heterocycles. The van der Waals surface area contributed by atoms with Crippen LogP contribution in [0.25, 0.3) is 0 Å². The first-order chi connectivity index (χ1) is 11.4. The van der Waals surface area contributed by atoms with Gasteiger partial charge in [0.05, 0.1) is 6.54 Å². The number of likely N-dealkylation sites (tertiary alicyclic amines) is 1. The van der Waals surface area contributed by atoms with Gasteiger partial charge in [-0.1, -0.05) is 13.8 Å². The van der Waals surface area contributed by atoms with Gasteiger partial charge in [-0.3, -0.25) is 14.5 Å². The van der Waals surface area contributed by atoms with Gasteiger partial charge in [-0.25, -0.2) is 4.98 Å². The summed E-state index contributed by atoms with van der Waals surface area (Å²) in [5.41, 5.74) is 0. The highest BCUT2D eigenvalue weighted by Gasteiger charge is 2.22. The molecule has 2 N–H and O–H groups in total. The molecule has 7 heteroatoms. The van der Waals surface area contributed by atoms with Gasteiger partial charge in [0, 0.05) is 29.7 Å². The predicted molar refractivity (Wildman–Crippen MR) is 97.6 cm³/mol. The summed E-state index contributed by atoms with van der Waals surface area (Å²) in [6.07, 6.45) is 3.79. The Labute approximate surface area is 151 Å². The van der Waals surface area contributed by atoms with E-state index in [0.29, 0.717) is 24.8 Å². The topological polar surface area (TPSA) is 74.3 Å². The molecule has 0 radical (unpaired) electrons. The number of amides is 2. The van der Waals surface area contributed by atoms with E-state index in [2.05, 4.69) is 36.4 Å². The van der Waals surface area contributed by atoms with Crippen molar-refractivity contribution >= 4 is 33.6 Å². The number of anilines is 1. The van der Waals surface area contributed by atoms with Crippen LogP contribution in [0, 0.1) is 11.8 Å². The van der Waals surface area contributed by atoms with Crippen LogP contribution in [-0.2, 0) is 9.59 Å². The van der Waals surface area contributed by atoms with Crippen LogP contribution in [0.3, 0.4) is 0 Å². The van der Waals surface area contributed by atoms with Gasteiger partial charge in [0.25, 0.3) is 0 Å². The Morgan fingerprint density at radius 2 is 2.21 bits per heavy atom. The number of pyridine rings is 1. The number of rotatable bonds is 6. The van der Waals surface area contributed by atoms with E-state index < -0.39 is 0 Å². The van der Waals surface area contributed by atoms with Crippen LogP contribution in [0.2, 0.25) is 0 Å². The van der Waals surface area contributed by atoms with E-state index in [-0.39, 0.29) is 17.7 Å². The zero-order chi connectivity index (χ0) is 17.5. The quantitative estimate of drug-likeness (QED) is 0.773. The number of aromatic nitrogens is 1. The second-order valence-corrected chi connectivity index (χ2v) is 7.47. The van der Waals surface area contributed by atoms with Crippen molar-refractivity contribution < 1.29 is 9.59 Å².